The van der Waals surface area contributed by atoms with Gasteiger partial charge in [-0.15, -0.1) is 0 Å². The molecule has 1 unspecified atom stereocenters. The highest BCUT2D eigenvalue weighted by molar-refractivity contribution is 5.84. The second-order valence-electron chi connectivity index (χ2n) is 4.58. The molecule has 0 bridgehead atoms. The summed E-state index contributed by atoms with van der Waals surface area (Å²) in [7, 11) is 0. The zero-order chi connectivity index (χ0) is 13.0. The average Bonchev–Trinajstić information content (AvgIpc) is 2.78. The van der Waals surface area contributed by atoms with Crippen LogP contribution in [0.5, 0.6) is 0 Å². The van der Waals surface area contributed by atoms with E-state index in [0.29, 0.717) is 13.0 Å². The minimum absolute atomic E-state index is 0.0188. The average molecular weight is 247 g/mol. The zero-order valence-corrected chi connectivity index (χ0v) is 10.2. The van der Waals surface area contributed by atoms with E-state index in [1.165, 1.54) is 5.56 Å². The lowest BCUT2D eigenvalue weighted by Gasteiger charge is -2.11. The van der Waals surface area contributed by atoms with Gasteiger partial charge in [0, 0.05) is 13.0 Å². The lowest BCUT2D eigenvalue weighted by atomic mass is 10.0. The van der Waals surface area contributed by atoms with Crippen LogP contribution < -0.4 is 5.32 Å². The third kappa shape index (κ3) is 2.88. The fourth-order valence-electron chi connectivity index (χ4n) is 2.40. The molecule has 96 valence electrons. The number of aliphatic carboxylic acids is 1. The predicted molar refractivity (Wildman–Crippen MR) is 67.4 cm³/mol. The van der Waals surface area contributed by atoms with Gasteiger partial charge in [0.2, 0.25) is 5.91 Å². The van der Waals surface area contributed by atoms with Gasteiger partial charge in [-0.2, -0.15) is 0 Å². The number of carboxylic acid groups (broad SMARTS) is 1. The Morgan fingerprint density at radius 2 is 2.11 bits per heavy atom. The highest BCUT2D eigenvalue weighted by Crippen LogP contribution is 2.32. The number of aryl methyl sites for hydroxylation is 1. The van der Waals surface area contributed by atoms with Gasteiger partial charge in [-0.05, 0) is 30.4 Å². The molecule has 0 aliphatic heterocycles. The van der Waals surface area contributed by atoms with Crippen molar-refractivity contribution in [3.8, 4) is 0 Å². The number of carboxylic acids is 1. The topological polar surface area (TPSA) is 66.4 Å². The first-order valence-electron chi connectivity index (χ1n) is 6.26. The first kappa shape index (κ1) is 12.6. The molecule has 0 heterocycles. The molecule has 1 aromatic rings. The summed E-state index contributed by atoms with van der Waals surface area (Å²) < 4.78 is 0. The van der Waals surface area contributed by atoms with Crippen molar-refractivity contribution < 1.29 is 14.7 Å². The third-order valence-corrected chi connectivity index (χ3v) is 3.32. The molecular formula is C14H17NO3. The molecule has 1 atom stereocenters. The van der Waals surface area contributed by atoms with E-state index in [-0.39, 0.29) is 18.2 Å². The molecule has 1 amide bonds. The number of benzene rings is 1. The quantitative estimate of drug-likeness (QED) is 0.778. The van der Waals surface area contributed by atoms with E-state index < -0.39 is 5.97 Å². The molecule has 0 fully saturated rings. The van der Waals surface area contributed by atoms with Gasteiger partial charge in [0.25, 0.3) is 0 Å². The van der Waals surface area contributed by atoms with Crippen LogP contribution in [0.2, 0.25) is 0 Å². The largest absolute Gasteiger partial charge is 0.481 e. The molecule has 4 nitrogen and oxygen atoms in total. The molecule has 0 aromatic heterocycles. The van der Waals surface area contributed by atoms with E-state index in [9.17, 15) is 9.59 Å². The molecule has 0 radical (unpaired) electrons. The van der Waals surface area contributed by atoms with Crippen LogP contribution in [0.4, 0.5) is 0 Å². The molecule has 4 heteroatoms. The van der Waals surface area contributed by atoms with Gasteiger partial charge in [0.15, 0.2) is 0 Å². The number of carbonyl (C=O) groups excluding carboxylic acids is 1. The minimum atomic E-state index is -0.824. The third-order valence-electron chi connectivity index (χ3n) is 3.32. The van der Waals surface area contributed by atoms with Gasteiger partial charge >= 0.3 is 5.97 Å². The zero-order valence-electron chi connectivity index (χ0n) is 10.2. The summed E-state index contributed by atoms with van der Waals surface area (Å²) in [6, 6.07) is 8.01. The monoisotopic (exact) mass is 247 g/mol. The number of carbonyl (C=O) groups is 2. The van der Waals surface area contributed by atoms with Crippen LogP contribution in [-0.4, -0.2) is 23.5 Å². The fourth-order valence-corrected chi connectivity index (χ4v) is 2.40. The van der Waals surface area contributed by atoms with Gasteiger partial charge in [0.1, 0.15) is 0 Å². The van der Waals surface area contributed by atoms with E-state index in [1.54, 1.807) is 0 Å². The smallest absolute Gasteiger partial charge is 0.303 e. The molecule has 1 aromatic carbocycles. The predicted octanol–water partition coefficient (Wildman–Crippen LogP) is 1.70. The van der Waals surface area contributed by atoms with Crippen LogP contribution in [0, 0.1) is 0 Å². The molecule has 18 heavy (non-hydrogen) atoms. The molecule has 2 N–H and O–H groups in total. The number of nitrogens with one attached hydrogen (secondary N) is 1. The SMILES string of the molecule is O=C(O)CCCNC(=O)C1CCc2ccccc21. The summed E-state index contributed by atoms with van der Waals surface area (Å²) in [5, 5.41) is 11.3. The van der Waals surface area contributed by atoms with Crippen molar-refractivity contribution in [2.45, 2.75) is 31.6 Å². The van der Waals surface area contributed by atoms with Gasteiger partial charge < -0.3 is 10.4 Å². The maximum Gasteiger partial charge on any atom is 0.303 e. The normalized spacial score (nSPS) is 17.2. The van der Waals surface area contributed by atoms with Crippen LogP contribution in [0.25, 0.3) is 0 Å². The van der Waals surface area contributed by atoms with E-state index in [0.717, 1.165) is 18.4 Å². The van der Waals surface area contributed by atoms with E-state index >= 15 is 0 Å². The van der Waals surface area contributed by atoms with Crippen LogP contribution in [0.1, 0.15) is 36.3 Å². The first-order valence-corrected chi connectivity index (χ1v) is 6.26. The Morgan fingerprint density at radius 3 is 2.89 bits per heavy atom. The maximum atomic E-state index is 12.0. The van der Waals surface area contributed by atoms with Gasteiger partial charge in [-0.25, -0.2) is 0 Å². The van der Waals surface area contributed by atoms with Crippen LogP contribution in [0.3, 0.4) is 0 Å². The summed E-state index contributed by atoms with van der Waals surface area (Å²) in [6.07, 6.45) is 2.38. The number of amides is 1. The van der Waals surface area contributed by atoms with E-state index in [2.05, 4.69) is 11.4 Å². The molecule has 1 aliphatic carbocycles. The Labute approximate surface area is 106 Å². The summed E-state index contributed by atoms with van der Waals surface area (Å²) in [4.78, 5) is 22.3. The standard InChI is InChI=1S/C14H17NO3/c16-13(17)6-3-9-15-14(18)12-8-7-10-4-1-2-5-11(10)12/h1-2,4-5,12H,3,6-9H2,(H,15,18)(H,16,17). The summed E-state index contributed by atoms with van der Waals surface area (Å²) >= 11 is 0. The van der Waals surface area contributed by atoms with Gasteiger partial charge in [-0.1, -0.05) is 24.3 Å². The van der Waals surface area contributed by atoms with Crippen molar-refractivity contribution in [2.24, 2.45) is 0 Å². The van der Waals surface area contributed by atoms with Crippen LogP contribution in [0.15, 0.2) is 24.3 Å². The van der Waals surface area contributed by atoms with Crippen molar-refractivity contribution in [1.82, 2.24) is 5.32 Å². The molecule has 1 aliphatic rings. The molecule has 2 rings (SSSR count). The highest BCUT2D eigenvalue weighted by Gasteiger charge is 2.27. The second-order valence-corrected chi connectivity index (χ2v) is 4.58. The van der Waals surface area contributed by atoms with Crippen molar-refractivity contribution in [1.29, 1.82) is 0 Å². The molecular weight excluding hydrogens is 230 g/mol. The minimum Gasteiger partial charge on any atom is -0.481 e. The van der Waals surface area contributed by atoms with E-state index in [1.807, 2.05) is 18.2 Å². The number of hydrogen-bond donors (Lipinski definition) is 2. The Balaban J connectivity index is 1.86. The molecule has 0 spiro atoms. The molecule has 0 saturated carbocycles. The lowest BCUT2D eigenvalue weighted by Crippen LogP contribution is -2.29. The Morgan fingerprint density at radius 1 is 1.33 bits per heavy atom. The summed E-state index contributed by atoms with van der Waals surface area (Å²) in [5.74, 6) is -0.869. The first-order chi connectivity index (χ1) is 8.68. The number of fused-ring (bicyclic) bond motifs is 1. The summed E-state index contributed by atoms with van der Waals surface area (Å²) in [6.45, 7) is 0.434. The number of hydrogen-bond acceptors (Lipinski definition) is 2. The molecule has 0 saturated heterocycles. The Hall–Kier alpha value is -1.84. The number of rotatable bonds is 5. The van der Waals surface area contributed by atoms with Crippen molar-refractivity contribution in [2.75, 3.05) is 6.54 Å². The van der Waals surface area contributed by atoms with Crippen LogP contribution >= 0.6 is 0 Å². The van der Waals surface area contributed by atoms with E-state index in [4.69, 9.17) is 5.11 Å². The highest BCUT2D eigenvalue weighted by atomic mass is 16.4. The fraction of sp³-hybridized carbons (Fsp3) is 0.429. The van der Waals surface area contributed by atoms with Crippen molar-refractivity contribution >= 4 is 11.9 Å². The Kier molecular flexibility index (Phi) is 3.97. The second kappa shape index (κ2) is 5.67. The van der Waals surface area contributed by atoms with Gasteiger partial charge in [-0.3, -0.25) is 9.59 Å². The van der Waals surface area contributed by atoms with Gasteiger partial charge in [0.05, 0.1) is 5.92 Å². The van der Waals surface area contributed by atoms with Crippen molar-refractivity contribution in [3.05, 3.63) is 35.4 Å². The summed E-state index contributed by atoms with van der Waals surface area (Å²) in [5.41, 5.74) is 2.37. The lowest BCUT2D eigenvalue weighted by molar-refractivity contribution is -0.137. The Bertz CT molecular complexity index is 456. The van der Waals surface area contributed by atoms with Crippen LogP contribution in [-0.2, 0) is 16.0 Å². The van der Waals surface area contributed by atoms with Crippen molar-refractivity contribution in [3.63, 3.8) is 0 Å². The maximum absolute atomic E-state index is 12.0.